The zero-order chi connectivity index (χ0) is 13.1. The van der Waals surface area contributed by atoms with Crippen LogP contribution in [0.3, 0.4) is 0 Å². The van der Waals surface area contributed by atoms with Crippen LogP contribution in [0.25, 0.3) is 0 Å². The molecular formula is C12H19N3O3. The minimum atomic E-state index is -0.777. The molecule has 6 nitrogen and oxygen atoms in total. The van der Waals surface area contributed by atoms with E-state index in [0.29, 0.717) is 19.8 Å². The van der Waals surface area contributed by atoms with Gasteiger partial charge in [-0.05, 0) is 12.6 Å². The minimum absolute atomic E-state index is 0.0533. The van der Waals surface area contributed by atoms with Crippen molar-refractivity contribution < 1.29 is 14.6 Å². The van der Waals surface area contributed by atoms with Gasteiger partial charge in [0.25, 0.3) is 0 Å². The van der Waals surface area contributed by atoms with Crippen molar-refractivity contribution in [1.82, 2.24) is 14.7 Å². The molecule has 2 rings (SSSR count). The van der Waals surface area contributed by atoms with Crippen LogP contribution >= 0.6 is 0 Å². The van der Waals surface area contributed by atoms with Crippen LogP contribution in [0.4, 0.5) is 0 Å². The third-order valence-electron chi connectivity index (χ3n) is 3.53. The molecule has 0 aliphatic carbocycles. The second-order valence-electron chi connectivity index (χ2n) is 4.56. The summed E-state index contributed by atoms with van der Waals surface area (Å²) in [6, 6.07) is 1.90. The first kappa shape index (κ1) is 13.0. The Hall–Kier alpha value is -1.40. The fourth-order valence-electron chi connectivity index (χ4n) is 2.37. The Bertz CT molecular complexity index is 418. The van der Waals surface area contributed by atoms with Gasteiger partial charge in [0.1, 0.15) is 0 Å². The summed E-state index contributed by atoms with van der Waals surface area (Å²) in [6.45, 7) is 4.33. The highest BCUT2D eigenvalue weighted by Gasteiger charge is 2.37. The number of aliphatic carboxylic acids is 1. The van der Waals surface area contributed by atoms with Crippen molar-refractivity contribution in [3.05, 3.63) is 18.0 Å². The number of nitrogens with zero attached hydrogens (tertiary/aromatic N) is 3. The van der Waals surface area contributed by atoms with Gasteiger partial charge < -0.3 is 9.84 Å². The van der Waals surface area contributed by atoms with Crippen molar-refractivity contribution in [3.8, 4) is 0 Å². The smallest absolute Gasteiger partial charge is 0.310 e. The van der Waals surface area contributed by atoms with Gasteiger partial charge in [-0.25, -0.2) is 0 Å². The van der Waals surface area contributed by atoms with Crippen LogP contribution in [0, 0.1) is 5.92 Å². The summed E-state index contributed by atoms with van der Waals surface area (Å²) >= 11 is 0. The van der Waals surface area contributed by atoms with Crippen LogP contribution in [0.1, 0.15) is 12.6 Å². The molecule has 2 heterocycles. The maximum absolute atomic E-state index is 11.2. The summed E-state index contributed by atoms with van der Waals surface area (Å²) in [7, 11) is 1.89. The van der Waals surface area contributed by atoms with Crippen molar-refractivity contribution >= 4 is 5.97 Å². The molecule has 1 aliphatic heterocycles. The Kier molecular flexibility index (Phi) is 3.98. The van der Waals surface area contributed by atoms with E-state index in [1.54, 1.807) is 6.20 Å². The number of rotatable bonds is 5. The molecule has 1 saturated heterocycles. The number of carbonyl (C=O) groups is 1. The molecular weight excluding hydrogens is 234 g/mol. The Morgan fingerprint density at radius 1 is 1.67 bits per heavy atom. The lowest BCUT2D eigenvalue weighted by atomic mass is 10.0. The minimum Gasteiger partial charge on any atom is -0.481 e. The summed E-state index contributed by atoms with van der Waals surface area (Å²) in [5, 5.41) is 13.3. The molecule has 0 bridgehead atoms. The number of hydrogen-bond acceptors (Lipinski definition) is 4. The van der Waals surface area contributed by atoms with Crippen LogP contribution < -0.4 is 0 Å². The third-order valence-corrected chi connectivity index (χ3v) is 3.53. The van der Waals surface area contributed by atoms with Crippen LogP contribution in [-0.4, -0.2) is 51.6 Å². The molecule has 2 atom stereocenters. The van der Waals surface area contributed by atoms with E-state index >= 15 is 0 Å². The van der Waals surface area contributed by atoms with Crippen molar-refractivity contribution in [2.24, 2.45) is 13.0 Å². The van der Waals surface area contributed by atoms with E-state index in [4.69, 9.17) is 4.74 Å². The maximum Gasteiger partial charge on any atom is 0.310 e. The molecule has 1 aromatic rings. The van der Waals surface area contributed by atoms with E-state index in [9.17, 15) is 9.90 Å². The average Bonchev–Trinajstić information content (AvgIpc) is 2.95. The molecule has 0 radical (unpaired) electrons. The van der Waals surface area contributed by atoms with E-state index in [1.807, 2.05) is 24.7 Å². The third kappa shape index (κ3) is 2.54. The SMILES string of the molecule is CCN(Cc1ccnn1C)C1COCC1C(=O)O. The van der Waals surface area contributed by atoms with Crippen molar-refractivity contribution in [2.75, 3.05) is 19.8 Å². The number of likely N-dealkylation sites (N-methyl/N-ethyl adjacent to an activating group) is 1. The van der Waals surface area contributed by atoms with Gasteiger partial charge in [0.15, 0.2) is 0 Å². The largest absolute Gasteiger partial charge is 0.481 e. The van der Waals surface area contributed by atoms with Gasteiger partial charge in [-0.15, -0.1) is 0 Å². The first-order chi connectivity index (χ1) is 8.63. The number of carboxylic acid groups (broad SMARTS) is 1. The molecule has 1 aromatic heterocycles. The van der Waals surface area contributed by atoms with Gasteiger partial charge in [-0.2, -0.15) is 5.10 Å². The molecule has 6 heteroatoms. The predicted octanol–water partition coefficient (Wildman–Crippen LogP) is 0.342. The van der Waals surface area contributed by atoms with E-state index in [2.05, 4.69) is 10.00 Å². The second-order valence-corrected chi connectivity index (χ2v) is 4.56. The monoisotopic (exact) mass is 253 g/mol. The van der Waals surface area contributed by atoms with Gasteiger partial charge >= 0.3 is 5.97 Å². The molecule has 1 N–H and O–H groups in total. The molecule has 0 amide bonds. The van der Waals surface area contributed by atoms with Gasteiger partial charge in [-0.1, -0.05) is 6.92 Å². The van der Waals surface area contributed by atoms with Crippen LogP contribution in [0.15, 0.2) is 12.3 Å². The summed E-state index contributed by atoms with van der Waals surface area (Å²) in [5.74, 6) is -1.21. The molecule has 1 fully saturated rings. The zero-order valence-electron chi connectivity index (χ0n) is 10.7. The quantitative estimate of drug-likeness (QED) is 0.819. The highest BCUT2D eigenvalue weighted by Crippen LogP contribution is 2.21. The Labute approximate surface area is 106 Å². The topological polar surface area (TPSA) is 67.6 Å². The first-order valence-electron chi connectivity index (χ1n) is 6.15. The Morgan fingerprint density at radius 2 is 2.44 bits per heavy atom. The van der Waals surface area contributed by atoms with Gasteiger partial charge in [0, 0.05) is 25.8 Å². The molecule has 2 unspecified atom stereocenters. The van der Waals surface area contributed by atoms with Crippen molar-refractivity contribution in [1.29, 1.82) is 0 Å². The molecule has 0 spiro atoms. The van der Waals surface area contributed by atoms with Crippen LogP contribution in [0.5, 0.6) is 0 Å². The summed E-state index contributed by atoms with van der Waals surface area (Å²) < 4.78 is 7.13. The van der Waals surface area contributed by atoms with E-state index < -0.39 is 11.9 Å². The second kappa shape index (κ2) is 5.49. The molecule has 0 aromatic carbocycles. The number of aromatic nitrogens is 2. The predicted molar refractivity (Wildman–Crippen MR) is 65.0 cm³/mol. The van der Waals surface area contributed by atoms with Gasteiger partial charge in [-0.3, -0.25) is 14.4 Å². The van der Waals surface area contributed by atoms with E-state index in [0.717, 1.165) is 12.2 Å². The molecule has 100 valence electrons. The number of hydrogen-bond donors (Lipinski definition) is 1. The summed E-state index contributed by atoms with van der Waals surface area (Å²) in [6.07, 6.45) is 1.75. The van der Waals surface area contributed by atoms with E-state index in [-0.39, 0.29) is 6.04 Å². The average molecular weight is 253 g/mol. The van der Waals surface area contributed by atoms with Crippen LogP contribution in [0.2, 0.25) is 0 Å². The summed E-state index contributed by atoms with van der Waals surface area (Å²) in [4.78, 5) is 13.3. The first-order valence-corrected chi connectivity index (χ1v) is 6.15. The Balaban J connectivity index is 2.09. The molecule has 18 heavy (non-hydrogen) atoms. The molecule has 0 saturated carbocycles. The van der Waals surface area contributed by atoms with Gasteiger partial charge in [0.2, 0.25) is 0 Å². The molecule has 1 aliphatic rings. The standard InChI is InChI=1S/C12H19N3O3/c1-3-15(6-9-4-5-13-14(9)2)11-8-18-7-10(11)12(16)17/h4-5,10-11H,3,6-8H2,1-2H3,(H,16,17). The lowest BCUT2D eigenvalue weighted by Gasteiger charge is -2.28. The fraction of sp³-hybridized carbons (Fsp3) is 0.667. The highest BCUT2D eigenvalue weighted by atomic mass is 16.5. The Morgan fingerprint density at radius 3 is 3.00 bits per heavy atom. The van der Waals surface area contributed by atoms with Crippen molar-refractivity contribution in [2.45, 2.75) is 19.5 Å². The van der Waals surface area contributed by atoms with Crippen molar-refractivity contribution in [3.63, 3.8) is 0 Å². The lowest BCUT2D eigenvalue weighted by Crippen LogP contribution is -2.42. The van der Waals surface area contributed by atoms with E-state index in [1.165, 1.54) is 0 Å². The number of carboxylic acids is 1. The van der Waals surface area contributed by atoms with Crippen LogP contribution in [-0.2, 0) is 23.1 Å². The van der Waals surface area contributed by atoms with Gasteiger partial charge in [0.05, 0.1) is 24.8 Å². The highest BCUT2D eigenvalue weighted by molar-refractivity contribution is 5.71. The fourth-order valence-corrected chi connectivity index (χ4v) is 2.37. The maximum atomic E-state index is 11.2. The zero-order valence-corrected chi connectivity index (χ0v) is 10.7. The number of aryl methyl sites for hydroxylation is 1. The normalized spacial score (nSPS) is 23.7. The number of ether oxygens (including phenoxy) is 1. The lowest BCUT2D eigenvalue weighted by molar-refractivity contribution is -0.143. The summed E-state index contributed by atoms with van der Waals surface area (Å²) in [5.41, 5.74) is 1.08.